The molecule has 0 saturated carbocycles. The Morgan fingerprint density at radius 1 is 1.44 bits per heavy atom. The molecule has 188 valence electrons. The van der Waals surface area contributed by atoms with Gasteiger partial charge in [0.25, 0.3) is 11.8 Å². The molecule has 12 nitrogen and oxygen atoms in total. The van der Waals surface area contributed by atoms with Crippen molar-refractivity contribution in [3.8, 4) is 0 Å². The summed E-state index contributed by atoms with van der Waals surface area (Å²) in [5.74, 6) is -2.26. The van der Waals surface area contributed by atoms with Crippen LogP contribution in [-0.2, 0) is 32.8 Å². The van der Waals surface area contributed by atoms with Crippen molar-refractivity contribution in [2.45, 2.75) is 36.9 Å². The fraction of sp³-hybridized carbons (Fsp3) is 0.364. The maximum absolute atomic E-state index is 13.2. The molecule has 0 aromatic carbocycles. The number of allylic oxidation sites excluding steroid dienone is 1. The average Bonchev–Trinajstić information content (AvgIpc) is 3.61. The number of amides is 2. The lowest BCUT2D eigenvalue weighted by Crippen LogP contribution is -2.71. The number of thioether (sulfide) groups is 1. The fourth-order valence-electron chi connectivity index (χ4n) is 4.23. The predicted molar refractivity (Wildman–Crippen MR) is 129 cm³/mol. The Balaban J connectivity index is 1.34. The van der Waals surface area contributed by atoms with Gasteiger partial charge in [-0.05, 0) is 24.5 Å². The molecule has 1 saturated heterocycles. The third-order valence-electron chi connectivity index (χ3n) is 6.07. The molecule has 0 bridgehead atoms. The van der Waals surface area contributed by atoms with E-state index in [0.29, 0.717) is 17.9 Å². The fourth-order valence-corrected chi connectivity index (χ4v) is 6.11. The first-order valence-electron chi connectivity index (χ1n) is 11.2. The summed E-state index contributed by atoms with van der Waals surface area (Å²) < 4.78 is 3.64. The summed E-state index contributed by atoms with van der Waals surface area (Å²) in [4.78, 5) is 49.0. The van der Waals surface area contributed by atoms with Crippen LogP contribution >= 0.6 is 23.1 Å². The summed E-state index contributed by atoms with van der Waals surface area (Å²) in [7, 11) is 1.83. The standard InChI is InChI=1S/C22H23N7O5S2/c1-27-7-4-8-28(27)9-12-10-35-20-16(19(31)29(20)17(12)21(32)33)25-18(30)15(14-11-36-22(23)24-14)26-34-13-5-2-3-6-13/h2,4-5,7-8,11,13,16,20H,3,6,9-10H2,1H3,(H3-,23,24,25,30,32,33)/t13?,16-,20-/m1/s1. The second-order valence-corrected chi connectivity index (χ2v) is 10.4. The summed E-state index contributed by atoms with van der Waals surface area (Å²) >= 11 is 2.52. The Kier molecular flexibility index (Phi) is 6.53. The van der Waals surface area contributed by atoms with Crippen LogP contribution in [0.3, 0.4) is 0 Å². The normalized spacial score (nSPS) is 23.5. The summed E-state index contributed by atoms with van der Waals surface area (Å²) in [6.45, 7) is 0.294. The van der Waals surface area contributed by atoms with E-state index in [9.17, 15) is 19.5 Å². The first-order chi connectivity index (χ1) is 17.3. The quantitative estimate of drug-likeness (QED) is 0.143. The van der Waals surface area contributed by atoms with Gasteiger partial charge in [-0.1, -0.05) is 11.2 Å². The van der Waals surface area contributed by atoms with Crippen LogP contribution in [0.5, 0.6) is 0 Å². The third-order valence-corrected chi connectivity index (χ3v) is 8.09. The number of carboxylic acid groups (broad SMARTS) is 1. The molecule has 3 atom stereocenters. The van der Waals surface area contributed by atoms with Crippen molar-refractivity contribution in [1.82, 2.24) is 19.9 Å². The lowest BCUT2D eigenvalue weighted by molar-refractivity contribution is -0.752. The van der Waals surface area contributed by atoms with Crippen molar-refractivity contribution in [1.29, 1.82) is 0 Å². The number of carbonyl (C=O) groups excluding carboxylic acids is 3. The van der Waals surface area contributed by atoms with E-state index in [1.54, 1.807) is 5.38 Å². The number of oxime groups is 1. The second kappa shape index (κ2) is 9.78. The highest BCUT2D eigenvalue weighted by Crippen LogP contribution is 2.40. The molecule has 36 heavy (non-hydrogen) atoms. The van der Waals surface area contributed by atoms with Gasteiger partial charge in [0.05, 0.1) is 17.9 Å². The Labute approximate surface area is 214 Å². The van der Waals surface area contributed by atoms with Crippen LogP contribution in [0.2, 0.25) is 0 Å². The van der Waals surface area contributed by atoms with Gasteiger partial charge >= 0.3 is 0 Å². The Morgan fingerprint density at radius 2 is 2.28 bits per heavy atom. The zero-order chi connectivity index (χ0) is 25.4. The monoisotopic (exact) mass is 529 g/mol. The van der Waals surface area contributed by atoms with Crippen molar-refractivity contribution in [2.75, 3.05) is 11.5 Å². The van der Waals surface area contributed by atoms with Crippen LogP contribution in [0, 0.1) is 0 Å². The van der Waals surface area contributed by atoms with Crippen LogP contribution in [0.25, 0.3) is 0 Å². The Hall–Kier alpha value is -3.65. The van der Waals surface area contributed by atoms with E-state index in [2.05, 4.69) is 15.5 Å². The lowest BCUT2D eigenvalue weighted by atomic mass is 10.0. The zero-order valence-electron chi connectivity index (χ0n) is 19.2. The van der Waals surface area contributed by atoms with Crippen LogP contribution < -0.4 is 20.8 Å². The maximum Gasteiger partial charge on any atom is 0.276 e. The first-order valence-corrected chi connectivity index (χ1v) is 13.1. The van der Waals surface area contributed by atoms with Crippen molar-refractivity contribution in [3.63, 3.8) is 0 Å². The number of aliphatic carboxylic acids is 1. The molecule has 14 heteroatoms. The molecule has 3 aliphatic rings. The highest BCUT2D eigenvalue weighted by molar-refractivity contribution is 8.00. The molecule has 0 spiro atoms. The second-order valence-electron chi connectivity index (χ2n) is 8.42. The minimum atomic E-state index is -1.43. The highest BCUT2D eigenvalue weighted by Gasteiger charge is 2.53. The molecule has 1 unspecified atom stereocenters. The number of carboxylic acids is 1. The lowest BCUT2D eigenvalue weighted by Gasteiger charge is -2.50. The Bertz CT molecular complexity index is 1310. The number of hydrogen-bond donors (Lipinski definition) is 2. The van der Waals surface area contributed by atoms with Gasteiger partial charge in [-0.15, -0.1) is 27.8 Å². The van der Waals surface area contributed by atoms with Crippen LogP contribution in [0.4, 0.5) is 5.13 Å². The molecule has 1 fully saturated rings. The number of fused-ring (bicyclic) bond motifs is 1. The molecule has 2 aromatic heterocycles. The average molecular weight is 530 g/mol. The molecular weight excluding hydrogens is 506 g/mol. The molecule has 4 heterocycles. The number of aromatic nitrogens is 3. The number of nitrogens with two attached hydrogens (primary N) is 1. The summed E-state index contributed by atoms with van der Waals surface area (Å²) in [6, 6.07) is 0.897. The number of aryl methyl sites for hydroxylation is 1. The van der Waals surface area contributed by atoms with E-state index in [4.69, 9.17) is 10.6 Å². The molecule has 1 aliphatic carbocycles. The molecule has 3 N–H and O–H groups in total. The topological polar surface area (TPSA) is 159 Å². The van der Waals surface area contributed by atoms with Gasteiger partial charge in [-0.3, -0.25) is 14.5 Å². The third kappa shape index (κ3) is 4.48. The van der Waals surface area contributed by atoms with E-state index < -0.39 is 29.2 Å². The number of carbonyl (C=O) groups is 3. The number of nitrogen functional groups attached to an aromatic ring is 1. The van der Waals surface area contributed by atoms with Crippen LogP contribution in [0.1, 0.15) is 18.5 Å². The van der Waals surface area contributed by atoms with Gasteiger partial charge in [-0.25, -0.2) is 4.98 Å². The summed E-state index contributed by atoms with van der Waals surface area (Å²) in [5.41, 5.74) is 6.26. The van der Waals surface area contributed by atoms with E-state index in [0.717, 1.165) is 24.2 Å². The van der Waals surface area contributed by atoms with Crippen molar-refractivity contribution < 1.29 is 29.0 Å². The van der Waals surface area contributed by atoms with Crippen LogP contribution in [0.15, 0.2) is 52.4 Å². The molecular formula is C22H23N7O5S2. The molecule has 0 radical (unpaired) electrons. The number of nitrogens with one attached hydrogen (secondary N) is 1. The van der Waals surface area contributed by atoms with Crippen molar-refractivity contribution in [2.24, 2.45) is 12.2 Å². The van der Waals surface area contributed by atoms with E-state index >= 15 is 0 Å². The minimum Gasteiger partial charge on any atom is -0.543 e. The number of anilines is 1. The van der Waals surface area contributed by atoms with Gasteiger partial charge in [0, 0.05) is 17.2 Å². The largest absolute Gasteiger partial charge is 0.543 e. The predicted octanol–water partition coefficient (Wildman–Crippen LogP) is -1.11. The minimum absolute atomic E-state index is 0.105. The van der Waals surface area contributed by atoms with Gasteiger partial charge in [0.2, 0.25) is 0 Å². The van der Waals surface area contributed by atoms with E-state index in [1.165, 1.54) is 16.7 Å². The molecule has 2 aromatic rings. The first kappa shape index (κ1) is 24.1. The van der Waals surface area contributed by atoms with Gasteiger partial charge < -0.3 is 25.8 Å². The summed E-state index contributed by atoms with van der Waals surface area (Å²) in [6.07, 6.45) is 8.82. The number of β-lactam (4-membered cyclic amide) rings is 1. The number of thiazole rings is 1. The number of rotatable bonds is 8. The molecule has 5 rings (SSSR count). The smallest absolute Gasteiger partial charge is 0.276 e. The molecule has 2 aliphatic heterocycles. The highest BCUT2D eigenvalue weighted by atomic mass is 32.2. The van der Waals surface area contributed by atoms with Crippen molar-refractivity contribution >= 4 is 51.7 Å². The van der Waals surface area contributed by atoms with Gasteiger partial charge in [-0.2, -0.15) is 4.68 Å². The van der Waals surface area contributed by atoms with Gasteiger partial charge in [0.15, 0.2) is 24.1 Å². The Morgan fingerprint density at radius 3 is 2.92 bits per heavy atom. The maximum atomic E-state index is 13.2. The van der Waals surface area contributed by atoms with E-state index in [-0.39, 0.29) is 28.3 Å². The van der Waals surface area contributed by atoms with E-state index in [1.807, 2.05) is 47.0 Å². The molecule has 2 amide bonds. The SMILES string of the molecule is C[n+]1cccn1CC1=C(C(=O)[O-])N2C(=O)[C@@H](NC(=O)C(=NOC3C=CCC3)c3csc(N)n3)[C@H]2SC1. The van der Waals surface area contributed by atoms with Crippen LogP contribution in [-0.4, -0.2) is 61.3 Å². The number of hydrogen-bond acceptors (Lipinski definition) is 10. The summed E-state index contributed by atoms with van der Waals surface area (Å²) in [5, 5.41) is 20.0. The number of nitrogens with zero attached hydrogens (tertiary/aromatic N) is 5. The van der Waals surface area contributed by atoms with Crippen molar-refractivity contribution in [3.05, 3.63) is 53.0 Å². The zero-order valence-corrected chi connectivity index (χ0v) is 20.8. The van der Waals surface area contributed by atoms with Gasteiger partial charge in [0.1, 0.15) is 29.8 Å².